The van der Waals surface area contributed by atoms with Crippen LogP contribution in [0.25, 0.3) is 6.08 Å². The van der Waals surface area contributed by atoms with Crippen molar-refractivity contribution in [3.8, 4) is 5.75 Å². The maximum absolute atomic E-state index is 11.8. The van der Waals surface area contributed by atoms with Gasteiger partial charge in [0.2, 0.25) is 0 Å². The molecule has 0 aliphatic heterocycles. The van der Waals surface area contributed by atoms with Gasteiger partial charge in [0.25, 0.3) is 0 Å². The van der Waals surface area contributed by atoms with Crippen LogP contribution in [0.1, 0.15) is 15.9 Å². The Morgan fingerprint density at radius 1 is 1.06 bits per heavy atom. The second-order valence-corrected chi connectivity index (χ2v) is 4.68. The minimum Gasteiger partial charge on any atom is -0.507 e. The van der Waals surface area contributed by atoms with Gasteiger partial charge in [-0.3, -0.25) is 4.79 Å². The number of carbonyl (C=O) groups is 1. The molecule has 0 amide bonds. The van der Waals surface area contributed by atoms with Crippen LogP contribution < -0.4 is 0 Å². The van der Waals surface area contributed by atoms with Crippen LogP contribution >= 0.6 is 15.9 Å². The number of carbonyl (C=O) groups excluding carboxylic acids is 1. The van der Waals surface area contributed by atoms with Crippen LogP contribution in [0.2, 0.25) is 0 Å². The first-order valence-corrected chi connectivity index (χ1v) is 6.22. The quantitative estimate of drug-likeness (QED) is 0.686. The summed E-state index contributed by atoms with van der Waals surface area (Å²) >= 11 is 3.35. The molecule has 1 N–H and O–H groups in total. The summed E-state index contributed by atoms with van der Waals surface area (Å²) in [6.45, 7) is 0. The van der Waals surface area contributed by atoms with Gasteiger partial charge in [-0.25, -0.2) is 0 Å². The van der Waals surface area contributed by atoms with Crippen molar-refractivity contribution in [1.82, 2.24) is 0 Å². The lowest BCUT2D eigenvalue weighted by atomic mass is 10.1. The molecule has 0 fully saturated rings. The first-order valence-electron chi connectivity index (χ1n) is 5.43. The number of hydrogen-bond acceptors (Lipinski definition) is 2. The van der Waals surface area contributed by atoms with Crippen LogP contribution in [0.5, 0.6) is 5.75 Å². The average Bonchev–Trinajstić information content (AvgIpc) is 2.38. The van der Waals surface area contributed by atoms with E-state index in [2.05, 4.69) is 15.9 Å². The van der Waals surface area contributed by atoms with Crippen molar-refractivity contribution in [2.45, 2.75) is 0 Å². The molecule has 2 aromatic rings. The average molecular weight is 303 g/mol. The third kappa shape index (κ3) is 3.08. The van der Waals surface area contributed by atoms with E-state index in [1.807, 2.05) is 24.3 Å². The number of aromatic hydroxyl groups is 1. The fraction of sp³-hybridized carbons (Fsp3) is 0. The van der Waals surface area contributed by atoms with Crippen molar-refractivity contribution in [3.05, 3.63) is 70.2 Å². The second kappa shape index (κ2) is 5.65. The Morgan fingerprint density at radius 2 is 1.72 bits per heavy atom. The van der Waals surface area contributed by atoms with E-state index in [-0.39, 0.29) is 11.5 Å². The van der Waals surface area contributed by atoms with E-state index in [1.54, 1.807) is 24.3 Å². The van der Waals surface area contributed by atoms with Crippen LogP contribution in [-0.2, 0) is 0 Å². The van der Waals surface area contributed by atoms with Crippen LogP contribution in [0.15, 0.2) is 59.1 Å². The summed E-state index contributed by atoms with van der Waals surface area (Å²) in [6, 6.07) is 14.1. The molecule has 0 saturated carbocycles. The molecular weight excluding hydrogens is 292 g/mol. The number of phenols is 1. The molecule has 2 aromatic carbocycles. The molecule has 90 valence electrons. The molecule has 0 saturated heterocycles. The van der Waals surface area contributed by atoms with Crippen molar-refractivity contribution in [2.75, 3.05) is 0 Å². The van der Waals surface area contributed by atoms with Crippen LogP contribution in [0.3, 0.4) is 0 Å². The molecule has 0 aromatic heterocycles. The van der Waals surface area contributed by atoms with E-state index >= 15 is 0 Å². The van der Waals surface area contributed by atoms with Crippen molar-refractivity contribution in [1.29, 1.82) is 0 Å². The van der Waals surface area contributed by atoms with E-state index in [0.29, 0.717) is 5.56 Å². The van der Waals surface area contributed by atoms with Crippen LogP contribution in [0, 0.1) is 0 Å². The monoisotopic (exact) mass is 302 g/mol. The second-order valence-electron chi connectivity index (χ2n) is 3.77. The lowest BCUT2D eigenvalue weighted by Crippen LogP contribution is -1.94. The largest absolute Gasteiger partial charge is 0.507 e. The molecule has 0 spiro atoms. The van der Waals surface area contributed by atoms with E-state index in [9.17, 15) is 9.90 Å². The standard InChI is InChI=1S/C15H11BrO2/c16-12-8-5-11(6-9-12)7-10-15(18)13-3-1-2-4-14(13)17/h1-10,17H/b10-7-. The maximum atomic E-state index is 11.8. The molecule has 18 heavy (non-hydrogen) atoms. The van der Waals surface area contributed by atoms with E-state index in [4.69, 9.17) is 0 Å². The number of rotatable bonds is 3. The van der Waals surface area contributed by atoms with E-state index in [1.165, 1.54) is 12.1 Å². The van der Waals surface area contributed by atoms with Gasteiger partial charge in [-0.15, -0.1) is 0 Å². The maximum Gasteiger partial charge on any atom is 0.189 e. The minimum absolute atomic E-state index is 0.00274. The van der Waals surface area contributed by atoms with Gasteiger partial charge in [0, 0.05) is 4.47 Å². The fourth-order valence-electron chi connectivity index (χ4n) is 1.52. The van der Waals surface area contributed by atoms with Crippen molar-refractivity contribution in [3.63, 3.8) is 0 Å². The molecule has 2 nitrogen and oxygen atoms in total. The third-order valence-corrected chi connectivity index (χ3v) is 3.00. The van der Waals surface area contributed by atoms with Crippen LogP contribution in [-0.4, -0.2) is 10.9 Å². The number of para-hydroxylation sites is 1. The summed E-state index contributed by atoms with van der Waals surface area (Å²) in [7, 11) is 0. The predicted molar refractivity (Wildman–Crippen MR) is 75.6 cm³/mol. The number of ketones is 1. The Labute approximate surface area is 114 Å². The molecule has 2 rings (SSSR count). The Bertz CT molecular complexity index is 586. The molecule has 0 heterocycles. The summed E-state index contributed by atoms with van der Waals surface area (Å²) in [5, 5.41) is 9.55. The van der Waals surface area contributed by atoms with Crippen molar-refractivity contribution >= 4 is 27.8 Å². The van der Waals surface area contributed by atoms with Gasteiger partial charge in [-0.05, 0) is 35.9 Å². The zero-order chi connectivity index (χ0) is 13.0. The van der Waals surface area contributed by atoms with Gasteiger partial charge < -0.3 is 5.11 Å². The van der Waals surface area contributed by atoms with Gasteiger partial charge in [0.1, 0.15) is 5.75 Å². The minimum atomic E-state index is -0.212. The molecule has 3 heteroatoms. The molecule has 0 aliphatic rings. The zero-order valence-electron chi connectivity index (χ0n) is 9.51. The van der Waals surface area contributed by atoms with Gasteiger partial charge in [0.15, 0.2) is 5.78 Å². The number of halogens is 1. The van der Waals surface area contributed by atoms with E-state index < -0.39 is 0 Å². The van der Waals surface area contributed by atoms with Gasteiger partial charge in [-0.1, -0.05) is 46.3 Å². The van der Waals surface area contributed by atoms with Gasteiger partial charge >= 0.3 is 0 Å². The predicted octanol–water partition coefficient (Wildman–Crippen LogP) is 4.05. The van der Waals surface area contributed by atoms with Gasteiger partial charge in [-0.2, -0.15) is 0 Å². The molecule has 0 aliphatic carbocycles. The Kier molecular flexibility index (Phi) is 3.95. The highest BCUT2D eigenvalue weighted by Crippen LogP contribution is 2.17. The topological polar surface area (TPSA) is 37.3 Å². The Morgan fingerprint density at radius 3 is 2.39 bits per heavy atom. The zero-order valence-corrected chi connectivity index (χ0v) is 11.1. The third-order valence-electron chi connectivity index (χ3n) is 2.47. The Hall–Kier alpha value is -1.87. The molecule has 0 unspecified atom stereocenters. The van der Waals surface area contributed by atoms with E-state index in [0.717, 1.165) is 10.0 Å². The highest BCUT2D eigenvalue weighted by atomic mass is 79.9. The SMILES string of the molecule is O=C(/C=C\c1ccc(Br)cc1)c1ccccc1O. The highest BCUT2D eigenvalue weighted by molar-refractivity contribution is 9.10. The molecule has 0 atom stereocenters. The summed E-state index contributed by atoms with van der Waals surface area (Å²) in [5.41, 5.74) is 1.24. The molecular formula is C15H11BrO2. The Balaban J connectivity index is 2.17. The van der Waals surface area contributed by atoms with Gasteiger partial charge in [0.05, 0.1) is 5.56 Å². The lowest BCUT2D eigenvalue weighted by molar-refractivity contribution is 0.104. The summed E-state index contributed by atoms with van der Waals surface area (Å²) < 4.78 is 0.992. The molecule has 0 bridgehead atoms. The lowest BCUT2D eigenvalue weighted by Gasteiger charge is -1.99. The first kappa shape index (κ1) is 12.6. The number of hydrogen-bond donors (Lipinski definition) is 1. The number of allylic oxidation sites excluding steroid dienone is 1. The fourth-order valence-corrected chi connectivity index (χ4v) is 1.78. The smallest absolute Gasteiger partial charge is 0.189 e. The van der Waals surface area contributed by atoms with Crippen molar-refractivity contribution in [2.24, 2.45) is 0 Å². The first-order chi connectivity index (χ1) is 8.66. The van der Waals surface area contributed by atoms with Crippen LogP contribution in [0.4, 0.5) is 0 Å². The molecule has 0 radical (unpaired) electrons. The number of benzene rings is 2. The number of phenolic OH excluding ortho intramolecular Hbond substituents is 1. The summed E-state index contributed by atoms with van der Waals surface area (Å²) in [4.78, 5) is 11.8. The van der Waals surface area contributed by atoms with Crippen molar-refractivity contribution < 1.29 is 9.90 Å². The highest BCUT2D eigenvalue weighted by Gasteiger charge is 2.06. The summed E-state index contributed by atoms with van der Waals surface area (Å²) in [5.74, 6) is -0.209. The summed E-state index contributed by atoms with van der Waals surface area (Å²) in [6.07, 6.45) is 3.18. The normalized spacial score (nSPS) is 10.7.